The predicted molar refractivity (Wildman–Crippen MR) is 128 cm³/mol. The van der Waals surface area contributed by atoms with E-state index in [4.69, 9.17) is 23.2 Å². The van der Waals surface area contributed by atoms with Gasteiger partial charge >= 0.3 is 0 Å². The van der Waals surface area contributed by atoms with E-state index in [1.807, 2.05) is 53.4 Å². The van der Waals surface area contributed by atoms with Crippen molar-refractivity contribution in [2.24, 2.45) is 0 Å². The van der Waals surface area contributed by atoms with Crippen LogP contribution in [0.5, 0.6) is 0 Å². The number of nitrogens with one attached hydrogen (secondary N) is 1. The molecule has 1 aliphatic carbocycles. The molecule has 1 amide bonds. The van der Waals surface area contributed by atoms with Crippen LogP contribution in [0.4, 0.5) is 0 Å². The van der Waals surface area contributed by atoms with Crippen LogP contribution in [0.15, 0.2) is 48.5 Å². The van der Waals surface area contributed by atoms with Crippen molar-refractivity contribution in [3.8, 4) is 0 Å². The van der Waals surface area contributed by atoms with Crippen LogP contribution in [0.25, 0.3) is 0 Å². The van der Waals surface area contributed by atoms with E-state index in [2.05, 4.69) is 12.2 Å². The summed E-state index contributed by atoms with van der Waals surface area (Å²) in [5, 5.41) is 14.2. The molecule has 2 N–H and O–H groups in total. The predicted octanol–water partition coefficient (Wildman–Crippen LogP) is 5.87. The minimum absolute atomic E-state index is 0.0718. The molecule has 0 radical (unpaired) electrons. The van der Waals surface area contributed by atoms with Gasteiger partial charge in [0.15, 0.2) is 0 Å². The Hall–Kier alpha value is -1.59. The van der Waals surface area contributed by atoms with Crippen molar-refractivity contribution in [3.63, 3.8) is 0 Å². The summed E-state index contributed by atoms with van der Waals surface area (Å²) >= 11 is 11.9. The van der Waals surface area contributed by atoms with Crippen LogP contribution >= 0.6 is 23.2 Å². The molecule has 6 heteroatoms. The van der Waals surface area contributed by atoms with Crippen molar-refractivity contribution >= 4 is 29.1 Å². The third-order valence-electron chi connectivity index (χ3n) is 6.06. The Morgan fingerprint density at radius 1 is 1.00 bits per heavy atom. The van der Waals surface area contributed by atoms with Crippen molar-refractivity contribution in [2.45, 2.75) is 63.6 Å². The molecule has 0 spiro atoms. The van der Waals surface area contributed by atoms with Gasteiger partial charge in [0.05, 0.1) is 16.1 Å². The number of aliphatic hydroxyl groups excluding tert-OH is 1. The molecule has 2 aromatic carbocycles. The van der Waals surface area contributed by atoms with Crippen LogP contribution in [0.3, 0.4) is 0 Å². The Balaban J connectivity index is 0.000000176. The van der Waals surface area contributed by atoms with Gasteiger partial charge in [-0.25, -0.2) is 0 Å². The molecule has 1 unspecified atom stereocenters. The highest BCUT2D eigenvalue weighted by molar-refractivity contribution is 6.42. The maximum absolute atomic E-state index is 12.0. The summed E-state index contributed by atoms with van der Waals surface area (Å²) in [5.74, 6) is 0.0718. The molecule has 0 bridgehead atoms. The first-order valence-electron chi connectivity index (χ1n) is 11.2. The zero-order valence-corrected chi connectivity index (χ0v) is 19.6. The van der Waals surface area contributed by atoms with E-state index in [1.165, 1.54) is 31.2 Å². The van der Waals surface area contributed by atoms with Gasteiger partial charge in [0.25, 0.3) is 5.91 Å². The van der Waals surface area contributed by atoms with E-state index >= 15 is 0 Å². The number of aliphatic hydroxyl groups is 1. The Bertz CT molecular complexity index is 833. The summed E-state index contributed by atoms with van der Waals surface area (Å²) in [6.07, 6.45) is 6.45. The number of hydrogen-bond acceptors (Lipinski definition) is 3. The number of halogens is 2. The number of nitrogens with zero attached hydrogens (tertiary/aromatic N) is 1. The zero-order valence-electron chi connectivity index (χ0n) is 18.1. The summed E-state index contributed by atoms with van der Waals surface area (Å²) in [6, 6.07) is 16.2. The number of benzene rings is 2. The minimum Gasteiger partial charge on any atom is -0.393 e. The number of piperidine rings is 1. The maximum Gasteiger partial charge on any atom is 0.253 e. The largest absolute Gasteiger partial charge is 0.393 e. The molecular formula is C25H32Cl2N2O2. The summed E-state index contributed by atoms with van der Waals surface area (Å²) in [6.45, 7) is 3.50. The van der Waals surface area contributed by atoms with E-state index in [9.17, 15) is 9.90 Å². The first-order chi connectivity index (χ1) is 14.9. The average molecular weight is 463 g/mol. The molecule has 2 aliphatic rings. The molecule has 4 rings (SSSR count). The molecule has 1 saturated carbocycles. The Kier molecular flexibility index (Phi) is 9.21. The van der Waals surface area contributed by atoms with E-state index in [0.29, 0.717) is 48.1 Å². The molecule has 31 heavy (non-hydrogen) atoms. The molecule has 1 aliphatic heterocycles. The Morgan fingerprint density at radius 2 is 1.65 bits per heavy atom. The molecule has 1 heterocycles. The highest BCUT2D eigenvalue weighted by Crippen LogP contribution is 2.27. The first-order valence-corrected chi connectivity index (χ1v) is 11.9. The van der Waals surface area contributed by atoms with Gasteiger partial charge in [-0.2, -0.15) is 0 Å². The molecular weight excluding hydrogens is 431 g/mol. The van der Waals surface area contributed by atoms with Gasteiger partial charge in [-0.1, -0.05) is 60.3 Å². The van der Waals surface area contributed by atoms with Crippen molar-refractivity contribution < 1.29 is 9.90 Å². The SMILES string of the molecule is CC(NC1CCCC1)c1ccc(Cl)c(Cl)c1.O=C(c1ccccc1)N1CCC(O)CC1. The van der Waals surface area contributed by atoms with Crippen LogP contribution < -0.4 is 5.32 Å². The van der Waals surface area contributed by atoms with Crippen LogP contribution in [0, 0.1) is 0 Å². The lowest BCUT2D eigenvalue weighted by Crippen LogP contribution is -2.40. The lowest BCUT2D eigenvalue weighted by atomic mass is 10.1. The normalized spacial score (nSPS) is 18.4. The van der Waals surface area contributed by atoms with Gasteiger partial charge in [-0.15, -0.1) is 0 Å². The fourth-order valence-corrected chi connectivity index (χ4v) is 4.46. The van der Waals surface area contributed by atoms with Crippen molar-refractivity contribution in [1.29, 1.82) is 0 Å². The molecule has 4 nitrogen and oxygen atoms in total. The zero-order chi connectivity index (χ0) is 22.2. The molecule has 2 aromatic rings. The standard InChI is InChI=1S/C13H17Cl2N.C12H15NO2/c1-9(16-11-4-2-3-5-11)10-6-7-12(14)13(15)8-10;14-11-6-8-13(9-7-11)12(15)10-4-2-1-3-5-10/h6-9,11,16H,2-5H2,1H3;1-5,11,14H,6-9H2. The summed E-state index contributed by atoms with van der Waals surface area (Å²) in [5.41, 5.74) is 1.94. The topological polar surface area (TPSA) is 52.6 Å². The second-order valence-electron chi connectivity index (χ2n) is 8.43. The molecule has 1 atom stereocenters. The first kappa shape index (κ1) is 24.1. The van der Waals surface area contributed by atoms with Gasteiger partial charge in [-0.05, 0) is 62.4 Å². The molecule has 0 aromatic heterocycles. The lowest BCUT2D eigenvalue weighted by molar-refractivity contribution is 0.0546. The van der Waals surface area contributed by atoms with Crippen molar-refractivity contribution in [2.75, 3.05) is 13.1 Å². The summed E-state index contributed by atoms with van der Waals surface area (Å²) in [7, 11) is 0. The smallest absolute Gasteiger partial charge is 0.253 e. The highest BCUT2D eigenvalue weighted by Gasteiger charge is 2.22. The Labute approximate surface area is 195 Å². The highest BCUT2D eigenvalue weighted by atomic mass is 35.5. The van der Waals surface area contributed by atoms with Crippen molar-refractivity contribution in [1.82, 2.24) is 10.2 Å². The summed E-state index contributed by atoms with van der Waals surface area (Å²) in [4.78, 5) is 13.8. The molecule has 168 valence electrons. The van der Waals surface area contributed by atoms with E-state index < -0.39 is 0 Å². The van der Waals surface area contributed by atoms with Gasteiger partial charge < -0.3 is 15.3 Å². The number of carbonyl (C=O) groups is 1. The quantitative estimate of drug-likeness (QED) is 0.596. The van der Waals surface area contributed by atoms with Crippen molar-refractivity contribution in [3.05, 3.63) is 69.7 Å². The third kappa shape index (κ3) is 7.21. The van der Waals surface area contributed by atoms with Gasteiger partial charge in [0, 0.05) is 30.7 Å². The number of carbonyl (C=O) groups excluding carboxylic acids is 1. The monoisotopic (exact) mass is 462 g/mol. The molecule has 1 saturated heterocycles. The van der Waals surface area contributed by atoms with E-state index in [1.54, 1.807) is 0 Å². The fourth-order valence-electron chi connectivity index (χ4n) is 4.16. The van der Waals surface area contributed by atoms with Crippen LogP contribution in [-0.4, -0.2) is 41.1 Å². The lowest BCUT2D eigenvalue weighted by Gasteiger charge is -2.29. The number of amides is 1. The van der Waals surface area contributed by atoms with Gasteiger partial charge in [-0.3, -0.25) is 4.79 Å². The van der Waals surface area contributed by atoms with Gasteiger partial charge in [0.2, 0.25) is 0 Å². The second-order valence-corrected chi connectivity index (χ2v) is 9.25. The number of likely N-dealkylation sites (tertiary alicyclic amines) is 1. The van der Waals surface area contributed by atoms with Crippen LogP contribution in [0.2, 0.25) is 10.0 Å². The second kappa shape index (κ2) is 11.9. The number of rotatable bonds is 4. The van der Waals surface area contributed by atoms with Gasteiger partial charge in [0.1, 0.15) is 0 Å². The fraction of sp³-hybridized carbons (Fsp3) is 0.480. The maximum atomic E-state index is 12.0. The summed E-state index contributed by atoms with van der Waals surface area (Å²) < 4.78 is 0. The van der Waals surface area contributed by atoms with Crippen LogP contribution in [0.1, 0.15) is 67.4 Å². The third-order valence-corrected chi connectivity index (χ3v) is 6.80. The van der Waals surface area contributed by atoms with Crippen LogP contribution in [-0.2, 0) is 0 Å². The van der Waals surface area contributed by atoms with E-state index in [-0.39, 0.29) is 12.0 Å². The Morgan fingerprint density at radius 3 is 2.26 bits per heavy atom. The average Bonchev–Trinajstić information content (AvgIpc) is 3.30. The number of hydrogen-bond donors (Lipinski definition) is 2. The molecule has 2 fully saturated rings. The minimum atomic E-state index is -0.232. The van der Waals surface area contributed by atoms with E-state index in [0.717, 1.165) is 5.56 Å².